The van der Waals surface area contributed by atoms with E-state index in [1.165, 1.54) is 21.6 Å². The maximum Gasteiger partial charge on any atom is 0.243 e. The van der Waals surface area contributed by atoms with Gasteiger partial charge in [-0.05, 0) is 55.2 Å². The average Bonchev–Trinajstić information content (AvgIpc) is 3.72. The van der Waals surface area contributed by atoms with Crippen LogP contribution >= 0.6 is 11.8 Å². The van der Waals surface area contributed by atoms with Gasteiger partial charge < -0.3 is 4.90 Å². The van der Waals surface area contributed by atoms with Gasteiger partial charge in [-0.15, -0.1) is 10.2 Å². The molecule has 10 heteroatoms. The summed E-state index contributed by atoms with van der Waals surface area (Å²) in [4.78, 5) is 15.2. The van der Waals surface area contributed by atoms with E-state index < -0.39 is 10.0 Å². The number of rotatable bonds is 7. The molecule has 0 saturated carbocycles. The van der Waals surface area contributed by atoms with E-state index in [-0.39, 0.29) is 16.6 Å². The molecule has 1 saturated heterocycles. The van der Waals surface area contributed by atoms with Crippen LogP contribution in [0.25, 0.3) is 17.1 Å². The van der Waals surface area contributed by atoms with E-state index >= 15 is 0 Å². The van der Waals surface area contributed by atoms with E-state index in [1.54, 1.807) is 18.2 Å². The van der Waals surface area contributed by atoms with Crippen molar-refractivity contribution in [2.75, 3.05) is 30.3 Å². The molecule has 2 aliphatic rings. The third-order valence-electron chi connectivity index (χ3n) is 6.96. The monoisotopic (exact) mass is 545 g/mol. The molecule has 3 heterocycles. The fourth-order valence-electron chi connectivity index (χ4n) is 5.03. The van der Waals surface area contributed by atoms with E-state index in [0.29, 0.717) is 36.2 Å². The lowest BCUT2D eigenvalue weighted by Crippen LogP contribution is -2.30. The molecule has 194 valence electrons. The molecular weight excluding hydrogens is 518 g/mol. The number of carbonyl (C=O) groups excluding carboxylic acids is 1. The van der Waals surface area contributed by atoms with Crippen molar-refractivity contribution in [3.63, 3.8) is 0 Å². The van der Waals surface area contributed by atoms with Gasteiger partial charge in [0.15, 0.2) is 11.0 Å². The third-order valence-corrected chi connectivity index (χ3v) is 9.76. The highest BCUT2D eigenvalue weighted by Gasteiger charge is 2.28. The largest absolute Gasteiger partial charge is 0.311 e. The number of benzene rings is 3. The van der Waals surface area contributed by atoms with Crippen molar-refractivity contribution >= 4 is 33.4 Å². The van der Waals surface area contributed by atoms with Gasteiger partial charge in [0.25, 0.3) is 0 Å². The first-order valence-corrected chi connectivity index (χ1v) is 15.1. The van der Waals surface area contributed by atoms with Crippen molar-refractivity contribution < 1.29 is 13.2 Å². The van der Waals surface area contributed by atoms with Crippen LogP contribution in [0.2, 0.25) is 0 Å². The molecular formula is C28H27N5O3S2. The van der Waals surface area contributed by atoms with Crippen LogP contribution in [0.4, 0.5) is 5.69 Å². The second kappa shape index (κ2) is 10.4. The molecule has 0 aliphatic carbocycles. The Kier molecular flexibility index (Phi) is 6.77. The van der Waals surface area contributed by atoms with Gasteiger partial charge in [-0.25, -0.2) is 8.42 Å². The average molecular weight is 546 g/mol. The van der Waals surface area contributed by atoms with Gasteiger partial charge in [-0.1, -0.05) is 60.3 Å². The van der Waals surface area contributed by atoms with E-state index in [4.69, 9.17) is 0 Å². The number of fused-ring (bicyclic) bond motifs is 1. The summed E-state index contributed by atoms with van der Waals surface area (Å²) in [7, 11) is -3.57. The molecule has 0 bridgehead atoms. The number of anilines is 1. The van der Waals surface area contributed by atoms with Crippen molar-refractivity contribution in [3.05, 3.63) is 84.4 Å². The standard InChI is InChI=1S/C28H27N5O3S2/c34-26(32-18-15-21-9-4-5-14-25(21)32)20-37-28-30-29-27(33(28)23-11-2-1-3-12-23)22-10-8-13-24(19-22)38(35,36)31-16-6-7-17-31/h1-5,8-14,19H,6-7,15-18,20H2. The summed E-state index contributed by atoms with van der Waals surface area (Å²) in [6, 6.07) is 24.5. The molecule has 0 atom stereocenters. The first kappa shape index (κ1) is 24.8. The molecule has 4 aromatic rings. The first-order chi connectivity index (χ1) is 18.5. The third kappa shape index (κ3) is 4.63. The number of hydrogen-bond donors (Lipinski definition) is 0. The van der Waals surface area contributed by atoms with Gasteiger partial charge in [0.05, 0.1) is 10.6 Å². The topological polar surface area (TPSA) is 88.4 Å². The predicted molar refractivity (Wildman–Crippen MR) is 148 cm³/mol. The van der Waals surface area contributed by atoms with Crippen molar-refractivity contribution in [3.8, 4) is 17.1 Å². The Balaban J connectivity index is 1.31. The van der Waals surface area contributed by atoms with Crippen LogP contribution in [0, 0.1) is 0 Å². The normalized spacial score (nSPS) is 15.6. The van der Waals surface area contributed by atoms with E-state index in [9.17, 15) is 13.2 Å². The Bertz CT molecular complexity index is 1580. The van der Waals surface area contributed by atoms with Crippen LogP contribution in [-0.2, 0) is 21.2 Å². The SMILES string of the molecule is O=C(CSc1nnc(-c2cccc(S(=O)(=O)N3CCCC3)c2)n1-c1ccccc1)N1CCc2ccccc21. The summed E-state index contributed by atoms with van der Waals surface area (Å²) in [5.74, 6) is 0.752. The Hall–Kier alpha value is -3.47. The van der Waals surface area contributed by atoms with Crippen molar-refractivity contribution in [1.29, 1.82) is 0 Å². The summed E-state index contributed by atoms with van der Waals surface area (Å²) < 4.78 is 29.8. The molecule has 0 unspecified atom stereocenters. The van der Waals surface area contributed by atoms with Crippen molar-refractivity contribution in [2.45, 2.75) is 29.3 Å². The van der Waals surface area contributed by atoms with E-state index in [1.807, 2.05) is 64.1 Å². The minimum absolute atomic E-state index is 0.0165. The molecule has 8 nitrogen and oxygen atoms in total. The maximum atomic E-state index is 13.2. The molecule has 1 fully saturated rings. The Labute approximate surface area is 226 Å². The minimum Gasteiger partial charge on any atom is -0.311 e. The Morgan fingerprint density at radius 3 is 2.45 bits per heavy atom. The first-order valence-electron chi connectivity index (χ1n) is 12.6. The van der Waals surface area contributed by atoms with Crippen LogP contribution in [0.5, 0.6) is 0 Å². The number of thioether (sulfide) groups is 1. The molecule has 0 spiro atoms. The molecule has 38 heavy (non-hydrogen) atoms. The second-order valence-electron chi connectivity index (χ2n) is 9.33. The summed E-state index contributed by atoms with van der Waals surface area (Å²) in [5.41, 5.74) is 3.64. The van der Waals surface area contributed by atoms with Crippen molar-refractivity contribution in [1.82, 2.24) is 19.1 Å². The molecule has 0 radical (unpaired) electrons. The molecule has 1 amide bonds. The lowest BCUT2D eigenvalue weighted by atomic mass is 10.2. The highest BCUT2D eigenvalue weighted by atomic mass is 32.2. The zero-order valence-corrected chi connectivity index (χ0v) is 22.4. The Morgan fingerprint density at radius 1 is 0.868 bits per heavy atom. The van der Waals surface area contributed by atoms with Crippen molar-refractivity contribution in [2.24, 2.45) is 0 Å². The van der Waals surface area contributed by atoms with Crippen LogP contribution in [-0.4, -0.2) is 58.8 Å². The number of carbonyl (C=O) groups is 1. The zero-order chi connectivity index (χ0) is 26.1. The van der Waals surface area contributed by atoms with Gasteiger partial charge in [-0.3, -0.25) is 9.36 Å². The van der Waals surface area contributed by atoms with Gasteiger partial charge in [0.2, 0.25) is 15.9 Å². The number of sulfonamides is 1. The summed E-state index contributed by atoms with van der Waals surface area (Å²) >= 11 is 1.33. The lowest BCUT2D eigenvalue weighted by Gasteiger charge is -2.17. The summed E-state index contributed by atoms with van der Waals surface area (Å²) in [6.45, 7) is 1.76. The highest BCUT2D eigenvalue weighted by molar-refractivity contribution is 7.99. The highest BCUT2D eigenvalue weighted by Crippen LogP contribution is 2.32. The number of nitrogens with zero attached hydrogens (tertiary/aromatic N) is 5. The maximum absolute atomic E-state index is 13.2. The van der Waals surface area contributed by atoms with Crippen LogP contribution in [0.1, 0.15) is 18.4 Å². The van der Waals surface area contributed by atoms with Gasteiger partial charge in [-0.2, -0.15) is 4.31 Å². The summed E-state index contributed by atoms with van der Waals surface area (Å²) in [6.07, 6.45) is 2.61. The second-order valence-corrected chi connectivity index (χ2v) is 12.2. The minimum atomic E-state index is -3.57. The number of para-hydroxylation sites is 2. The fraction of sp³-hybridized carbons (Fsp3) is 0.250. The zero-order valence-electron chi connectivity index (χ0n) is 20.7. The van der Waals surface area contributed by atoms with E-state index in [2.05, 4.69) is 16.3 Å². The Morgan fingerprint density at radius 2 is 1.63 bits per heavy atom. The lowest BCUT2D eigenvalue weighted by molar-refractivity contribution is -0.116. The fourth-order valence-corrected chi connectivity index (χ4v) is 7.43. The van der Waals surface area contributed by atoms with Crippen LogP contribution in [0.15, 0.2) is 88.9 Å². The van der Waals surface area contributed by atoms with Crippen LogP contribution in [0.3, 0.4) is 0 Å². The van der Waals surface area contributed by atoms with Gasteiger partial charge in [0.1, 0.15) is 0 Å². The van der Waals surface area contributed by atoms with Gasteiger partial charge >= 0.3 is 0 Å². The molecule has 1 aromatic heterocycles. The molecule has 0 N–H and O–H groups in total. The quantitative estimate of drug-likeness (QED) is 0.320. The summed E-state index contributed by atoms with van der Waals surface area (Å²) in [5, 5.41) is 9.45. The number of aromatic nitrogens is 3. The smallest absolute Gasteiger partial charge is 0.243 e. The molecule has 2 aliphatic heterocycles. The predicted octanol–water partition coefficient (Wildman–Crippen LogP) is 4.40. The van der Waals surface area contributed by atoms with Crippen LogP contribution < -0.4 is 4.90 Å². The number of hydrogen-bond acceptors (Lipinski definition) is 6. The molecule has 3 aromatic carbocycles. The number of amides is 1. The van der Waals surface area contributed by atoms with E-state index in [0.717, 1.165) is 30.6 Å². The van der Waals surface area contributed by atoms with Gasteiger partial charge in [0, 0.05) is 36.6 Å². The molecule has 6 rings (SSSR count).